The lowest BCUT2D eigenvalue weighted by molar-refractivity contribution is 0.557. The van der Waals surface area contributed by atoms with Crippen LogP contribution in [0.1, 0.15) is 12.5 Å². The van der Waals surface area contributed by atoms with Gasteiger partial charge in [0.15, 0.2) is 0 Å². The lowest BCUT2D eigenvalue weighted by atomic mass is 10.1. The fourth-order valence-electron chi connectivity index (χ4n) is 1.66. The summed E-state index contributed by atoms with van der Waals surface area (Å²) in [6, 6.07) is 5.53. The molecule has 3 N–H and O–H groups in total. The number of anilines is 1. The molecule has 0 aliphatic carbocycles. The number of nitrogens with two attached hydrogens (primary N) is 1. The van der Waals surface area contributed by atoms with Crippen LogP contribution in [-0.2, 0) is 16.4 Å². The summed E-state index contributed by atoms with van der Waals surface area (Å²) in [6.07, 6.45) is 0.438. The van der Waals surface area contributed by atoms with E-state index in [1.165, 1.54) is 12.1 Å². The van der Waals surface area contributed by atoms with Gasteiger partial charge in [-0.1, -0.05) is 23.5 Å². The van der Waals surface area contributed by atoms with Gasteiger partial charge in [0, 0.05) is 6.04 Å². The van der Waals surface area contributed by atoms with Crippen molar-refractivity contribution in [3.05, 3.63) is 35.6 Å². The molecule has 0 saturated carbocycles. The summed E-state index contributed by atoms with van der Waals surface area (Å²) < 4.78 is 39.1. The quantitative estimate of drug-likeness (QED) is 0.863. The summed E-state index contributed by atoms with van der Waals surface area (Å²) in [5.74, 6) is -0.327. The number of nitrogen functional groups attached to an aromatic ring is 1. The maximum absolute atomic E-state index is 12.8. The van der Waals surface area contributed by atoms with E-state index in [0.29, 0.717) is 6.42 Å². The van der Waals surface area contributed by atoms with Crippen LogP contribution in [0.25, 0.3) is 0 Å². The molecule has 0 aliphatic heterocycles. The molecule has 0 bridgehead atoms. The molecule has 2 rings (SSSR count). The predicted octanol–water partition coefficient (Wildman–Crippen LogP) is 1.17. The normalized spacial score (nSPS) is 13.3. The van der Waals surface area contributed by atoms with Gasteiger partial charge in [-0.05, 0) is 31.0 Å². The van der Waals surface area contributed by atoms with Gasteiger partial charge in [0.25, 0.3) is 10.0 Å². The molecule has 0 amide bonds. The van der Waals surface area contributed by atoms with E-state index in [0.717, 1.165) is 16.9 Å². The largest absolute Gasteiger partial charge is 0.374 e. The molecular weight excluding hydrogens is 303 g/mol. The van der Waals surface area contributed by atoms with E-state index in [2.05, 4.69) is 14.9 Å². The van der Waals surface area contributed by atoms with Gasteiger partial charge < -0.3 is 5.73 Å². The summed E-state index contributed by atoms with van der Waals surface area (Å²) in [5.41, 5.74) is 6.19. The number of hydrogen-bond acceptors (Lipinski definition) is 6. The number of nitrogens with zero attached hydrogens (tertiary/aromatic N) is 2. The summed E-state index contributed by atoms with van der Waals surface area (Å²) in [4.78, 5) is 0. The van der Waals surface area contributed by atoms with Crippen molar-refractivity contribution in [1.82, 2.24) is 14.9 Å². The average Bonchev–Trinajstić information content (AvgIpc) is 2.79. The maximum atomic E-state index is 12.8. The van der Waals surface area contributed by atoms with Crippen LogP contribution in [0.5, 0.6) is 0 Å². The number of nitrogens with one attached hydrogen (secondary N) is 1. The van der Waals surface area contributed by atoms with Crippen molar-refractivity contribution in [2.24, 2.45) is 0 Å². The molecule has 1 aromatic heterocycles. The van der Waals surface area contributed by atoms with Crippen LogP contribution in [0.2, 0.25) is 0 Å². The van der Waals surface area contributed by atoms with Gasteiger partial charge in [0.1, 0.15) is 5.82 Å². The van der Waals surface area contributed by atoms with E-state index in [4.69, 9.17) is 5.73 Å². The highest BCUT2D eigenvalue weighted by molar-refractivity contribution is 7.91. The Morgan fingerprint density at radius 3 is 2.55 bits per heavy atom. The average molecular weight is 316 g/mol. The third kappa shape index (κ3) is 3.71. The van der Waals surface area contributed by atoms with E-state index in [-0.39, 0.29) is 21.3 Å². The molecule has 0 radical (unpaired) electrons. The Balaban J connectivity index is 2.04. The van der Waals surface area contributed by atoms with Gasteiger partial charge in [-0.2, -0.15) is 0 Å². The Morgan fingerprint density at radius 1 is 1.35 bits per heavy atom. The molecule has 2 aromatic rings. The summed E-state index contributed by atoms with van der Waals surface area (Å²) in [7, 11) is -3.73. The van der Waals surface area contributed by atoms with Gasteiger partial charge >= 0.3 is 0 Å². The predicted molar refractivity (Wildman–Crippen MR) is 74.2 cm³/mol. The zero-order valence-electron chi connectivity index (χ0n) is 10.6. The Bertz CT molecular complexity index is 685. The summed E-state index contributed by atoms with van der Waals surface area (Å²) >= 11 is 0.800. The standard InChI is InChI=1S/C11H13FN4O2S2/c1-7(6-8-2-4-9(12)5-3-8)16-20(17,18)11-15-14-10(13)19-11/h2-5,7,16H,6H2,1H3,(H2,13,14). The first-order chi connectivity index (χ1) is 9.37. The van der Waals surface area contributed by atoms with Crippen molar-refractivity contribution < 1.29 is 12.8 Å². The lowest BCUT2D eigenvalue weighted by Gasteiger charge is -2.12. The van der Waals surface area contributed by atoms with Gasteiger partial charge in [-0.25, -0.2) is 17.5 Å². The van der Waals surface area contributed by atoms with Crippen LogP contribution in [0, 0.1) is 5.82 Å². The van der Waals surface area contributed by atoms with Crippen molar-refractivity contribution in [3.8, 4) is 0 Å². The summed E-state index contributed by atoms with van der Waals surface area (Å²) in [6.45, 7) is 1.71. The molecular formula is C11H13FN4O2S2. The molecule has 0 spiro atoms. The Morgan fingerprint density at radius 2 is 2.00 bits per heavy atom. The smallest absolute Gasteiger partial charge is 0.270 e. The number of sulfonamides is 1. The molecule has 108 valence electrons. The summed E-state index contributed by atoms with van der Waals surface area (Å²) in [5, 5.41) is 7.07. The van der Waals surface area contributed by atoms with E-state index in [9.17, 15) is 12.8 Å². The molecule has 0 aliphatic rings. The third-order valence-corrected chi connectivity index (χ3v) is 5.17. The molecule has 0 saturated heterocycles. The number of aromatic nitrogens is 2. The number of benzene rings is 1. The first-order valence-electron chi connectivity index (χ1n) is 5.72. The Kier molecular flexibility index (Phi) is 4.31. The third-order valence-electron chi connectivity index (χ3n) is 2.46. The van der Waals surface area contributed by atoms with Gasteiger partial charge in [0.05, 0.1) is 0 Å². The van der Waals surface area contributed by atoms with Crippen LogP contribution in [0.15, 0.2) is 28.6 Å². The minimum absolute atomic E-state index is 0.0940. The highest BCUT2D eigenvalue weighted by atomic mass is 32.2. The highest BCUT2D eigenvalue weighted by Crippen LogP contribution is 2.17. The zero-order chi connectivity index (χ0) is 14.8. The second-order valence-electron chi connectivity index (χ2n) is 4.26. The fraction of sp³-hybridized carbons (Fsp3) is 0.273. The van der Waals surface area contributed by atoms with E-state index in [1.807, 2.05) is 0 Å². The van der Waals surface area contributed by atoms with Crippen molar-refractivity contribution in [1.29, 1.82) is 0 Å². The van der Waals surface area contributed by atoms with Gasteiger partial charge in [-0.3, -0.25) is 0 Å². The topological polar surface area (TPSA) is 98.0 Å². The first kappa shape index (κ1) is 14.8. The number of hydrogen-bond donors (Lipinski definition) is 2. The van der Waals surface area contributed by atoms with E-state index >= 15 is 0 Å². The van der Waals surface area contributed by atoms with Crippen LogP contribution >= 0.6 is 11.3 Å². The molecule has 1 unspecified atom stereocenters. The monoisotopic (exact) mass is 316 g/mol. The van der Waals surface area contributed by atoms with Crippen molar-refractivity contribution in [2.45, 2.75) is 23.7 Å². The molecule has 6 nitrogen and oxygen atoms in total. The van der Waals surface area contributed by atoms with E-state index < -0.39 is 10.0 Å². The molecule has 1 aromatic carbocycles. The molecule has 0 fully saturated rings. The number of rotatable bonds is 5. The number of halogens is 1. The minimum Gasteiger partial charge on any atom is -0.374 e. The van der Waals surface area contributed by atoms with Crippen molar-refractivity contribution >= 4 is 26.5 Å². The van der Waals surface area contributed by atoms with E-state index in [1.54, 1.807) is 19.1 Å². The van der Waals surface area contributed by atoms with Crippen molar-refractivity contribution in [2.75, 3.05) is 5.73 Å². The van der Waals surface area contributed by atoms with Gasteiger partial charge in [-0.15, -0.1) is 10.2 Å². The Hall–Kier alpha value is -1.58. The van der Waals surface area contributed by atoms with Crippen LogP contribution in [0.4, 0.5) is 9.52 Å². The van der Waals surface area contributed by atoms with Crippen LogP contribution < -0.4 is 10.5 Å². The second kappa shape index (κ2) is 5.81. The van der Waals surface area contributed by atoms with Crippen LogP contribution in [0.3, 0.4) is 0 Å². The lowest BCUT2D eigenvalue weighted by Crippen LogP contribution is -2.34. The van der Waals surface area contributed by atoms with Crippen LogP contribution in [-0.4, -0.2) is 24.7 Å². The molecule has 1 atom stereocenters. The molecule has 9 heteroatoms. The second-order valence-corrected chi connectivity index (χ2v) is 7.16. The maximum Gasteiger partial charge on any atom is 0.270 e. The Labute approximate surface area is 119 Å². The molecule has 1 heterocycles. The van der Waals surface area contributed by atoms with Gasteiger partial charge in [0.2, 0.25) is 9.47 Å². The fourth-order valence-corrected chi connectivity index (χ4v) is 3.70. The zero-order valence-corrected chi connectivity index (χ0v) is 12.2. The van der Waals surface area contributed by atoms with Crippen molar-refractivity contribution in [3.63, 3.8) is 0 Å². The molecule has 20 heavy (non-hydrogen) atoms. The minimum atomic E-state index is -3.73. The highest BCUT2D eigenvalue weighted by Gasteiger charge is 2.22. The SMILES string of the molecule is CC(Cc1ccc(F)cc1)NS(=O)(=O)c1nnc(N)s1. The first-order valence-corrected chi connectivity index (χ1v) is 8.02.